The second-order valence-corrected chi connectivity index (χ2v) is 2.74. The highest BCUT2D eigenvalue weighted by molar-refractivity contribution is 5.25. The van der Waals surface area contributed by atoms with Crippen LogP contribution in [0.25, 0.3) is 0 Å². The molecule has 0 atom stereocenters. The summed E-state index contributed by atoms with van der Waals surface area (Å²) in [6, 6.07) is 0. The SMILES string of the molecule is CC(C)OC1=CC(F)=CC[CH]1. The molecule has 0 fully saturated rings. The molecule has 0 amide bonds. The third-order valence-corrected chi connectivity index (χ3v) is 1.28. The lowest BCUT2D eigenvalue weighted by Gasteiger charge is -2.14. The molecule has 1 rings (SSSR count). The van der Waals surface area contributed by atoms with Crippen LogP contribution in [0.5, 0.6) is 0 Å². The molecule has 0 N–H and O–H groups in total. The maximum absolute atomic E-state index is 12.6. The van der Waals surface area contributed by atoms with Crippen LogP contribution in [-0.2, 0) is 4.74 Å². The van der Waals surface area contributed by atoms with Crippen molar-refractivity contribution in [3.8, 4) is 0 Å². The van der Waals surface area contributed by atoms with Crippen LogP contribution in [0.15, 0.2) is 23.7 Å². The Hall–Kier alpha value is -0.790. The molecule has 0 saturated carbocycles. The first-order valence-corrected chi connectivity index (χ1v) is 3.75. The van der Waals surface area contributed by atoms with Crippen molar-refractivity contribution < 1.29 is 9.13 Å². The first-order valence-electron chi connectivity index (χ1n) is 3.75. The van der Waals surface area contributed by atoms with E-state index in [9.17, 15) is 4.39 Å². The lowest BCUT2D eigenvalue weighted by atomic mass is 10.1. The number of hydrogen-bond donors (Lipinski definition) is 0. The van der Waals surface area contributed by atoms with Crippen LogP contribution < -0.4 is 0 Å². The molecule has 0 spiro atoms. The summed E-state index contributed by atoms with van der Waals surface area (Å²) in [4.78, 5) is 0. The Balaban J connectivity index is 2.51. The van der Waals surface area contributed by atoms with Gasteiger partial charge in [0.05, 0.1) is 6.10 Å². The summed E-state index contributed by atoms with van der Waals surface area (Å²) in [5.74, 6) is 0.433. The van der Waals surface area contributed by atoms with Crippen molar-refractivity contribution in [3.05, 3.63) is 30.2 Å². The van der Waals surface area contributed by atoms with E-state index in [1.54, 1.807) is 0 Å². The first kappa shape index (κ1) is 8.31. The Morgan fingerprint density at radius 1 is 1.55 bits per heavy atom. The summed E-state index contributed by atoms with van der Waals surface area (Å²) in [5.41, 5.74) is 0. The predicted octanol–water partition coefficient (Wildman–Crippen LogP) is 2.76. The predicted molar refractivity (Wildman–Crippen MR) is 42.4 cm³/mol. The monoisotopic (exact) mass is 155 g/mol. The summed E-state index contributed by atoms with van der Waals surface area (Å²) in [6.07, 6.45) is 5.54. The van der Waals surface area contributed by atoms with Crippen molar-refractivity contribution >= 4 is 0 Å². The van der Waals surface area contributed by atoms with Crippen molar-refractivity contribution in [2.24, 2.45) is 0 Å². The molecule has 1 radical (unpaired) electrons. The smallest absolute Gasteiger partial charge is 0.122 e. The molecular formula is C9H12FO. The fraction of sp³-hybridized carbons (Fsp3) is 0.444. The van der Waals surface area contributed by atoms with Gasteiger partial charge in [-0.3, -0.25) is 0 Å². The van der Waals surface area contributed by atoms with Gasteiger partial charge in [0.25, 0.3) is 0 Å². The lowest BCUT2D eigenvalue weighted by Crippen LogP contribution is -2.04. The van der Waals surface area contributed by atoms with Gasteiger partial charge in [0.2, 0.25) is 0 Å². The molecule has 0 aliphatic heterocycles. The number of rotatable bonds is 2. The summed E-state index contributed by atoms with van der Waals surface area (Å²) in [6.45, 7) is 3.84. The van der Waals surface area contributed by atoms with Gasteiger partial charge in [0, 0.05) is 12.5 Å². The minimum absolute atomic E-state index is 0.114. The standard InChI is InChI=1S/C9H12FO/c1-7(2)11-9-5-3-4-8(10)6-9/h4-7H,3H2,1-2H3. The van der Waals surface area contributed by atoms with Crippen molar-refractivity contribution in [1.29, 1.82) is 0 Å². The third-order valence-electron chi connectivity index (χ3n) is 1.28. The molecule has 0 saturated heterocycles. The Morgan fingerprint density at radius 3 is 2.82 bits per heavy atom. The summed E-state index contributed by atoms with van der Waals surface area (Å²) >= 11 is 0. The van der Waals surface area contributed by atoms with Crippen LogP contribution in [-0.4, -0.2) is 6.10 Å². The van der Waals surface area contributed by atoms with Gasteiger partial charge in [0.1, 0.15) is 11.6 Å². The van der Waals surface area contributed by atoms with E-state index in [1.807, 2.05) is 20.3 Å². The highest BCUT2D eigenvalue weighted by Crippen LogP contribution is 2.18. The second-order valence-electron chi connectivity index (χ2n) is 2.74. The van der Waals surface area contributed by atoms with Gasteiger partial charge in [-0.05, 0) is 26.3 Å². The molecule has 61 valence electrons. The van der Waals surface area contributed by atoms with Gasteiger partial charge in [-0.1, -0.05) is 0 Å². The maximum Gasteiger partial charge on any atom is 0.122 e. The van der Waals surface area contributed by atoms with Crippen LogP contribution in [0.2, 0.25) is 0 Å². The fourth-order valence-corrected chi connectivity index (χ4v) is 0.896. The number of allylic oxidation sites excluding steroid dienone is 4. The van der Waals surface area contributed by atoms with Gasteiger partial charge in [-0.2, -0.15) is 0 Å². The molecule has 11 heavy (non-hydrogen) atoms. The quantitative estimate of drug-likeness (QED) is 0.595. The zero-order valence-corrected chi connectivity index (χ0v) is 6.80. The molecule has 0 unspecified atom stereocenters. The van der Waals surface area contributed by atoms with Crippen LogP contribution in [0.3, 0.4) is 0 Å². The van der Waals surface area contributed by atoms with Gasteiger partial charge < -0.3 is 4.74 Å². The Kier molecular flexibility index (Phi) is 2.69. The van der Waals surface area contributed by atoms with Gasteiger partial charge in [0.15, 0.2) is 0 Å². The largest absolute Gasteiger partial charge is 0.495 e. The van der Waals surface area contributed by atoms with Crippen LogP contribution >= 0.6 is 0 Å². The first-order chi connectivity index (χ1) is 5.18. The highest BCUT2D eigenvalue weighted by atomic mass is 19.1. The number of halogens is 1. The van der Waals surface area contributed by atoms with E-state index in [-0.39, 0.29) is 11.9 Å². The van der Waals surface area contributed by atoms with E-state index >= 15 is 0 Å². The molecule has 0 aromatic carbocycles. The maximum atomic E-state index is 12.6. The fourth-order valence-electron chi connectivity index (χ4n) is 0.896. The molecule has 0 bridgehead atoms. The molecule has 0 aromatic rings. The minimum atomic E-state index is -0.205. The zero-order chi connectivity index (χ0) is 8.27. The summed E-state index contributed by atoms with van der Waals surface area (Å²) in [7, 11) is 0. The molecule has 2 heteroatoms. The van der Waals surface area contributed by atoms with E-state index in [0.29, 0.717) is 12.2 Å². The lowest BCUT2D eigenvalue weighted by molar-refractivity contribution is 0.151. The van der Waals surface area contributed by atoms with Gasteiger partial charge in [-0.25, -0.2) is 4.39 Å². The van der Waals surface area contributed by atoms with E-state index < -0.39 is 0 Å². The number of ether oxygens (including phenoxy) is 1. The van der Waals surface area contributed by atoms with Crippen molar-refractivity contribution in [2.75, 3.05) is 0 Å². The van der Waals surface area contributed by atoms with E-state index in [4.69, 9.17) is 4.74 Å². The highest BCUT2D eigenvalue weighted by Gasteiger charge is 2.07. The molecule has 0 aromatic heterocycles. The minimum Gasteiger partial charge on any atom is -0.495 e. The average molecular weight is 155 g/mol. The molecule has 1 aliphatic carbocycles. The average Bonchev–Trinajstić information content (AvgIpc) is 1.85. The van der Waals surface area contributed by atoms with Crippen molar-refractivity contribution in [3.63, 3.8) is 0 Å². The van der Waals surface area contributed by atoms with Crippen LogP contribution in [0.4, 0.5) is 4.39 Å². The van der Waals surface area contributed by atoms with Crippen LogP contribution in [0, 0.1) is 6.42 Å². The Bertz CT molecular complexity index is 192. The molecule has 1 nitrogen and oxygen atoms in total. The Morgan fingerprint density at radius 2 is 2.27 bits per heavy atom. The zero-order valence-electron chi connectivity index (χ0n) is 6.80. The summed E-state index contributed by atoms with van der Waals surface area (Å²) in [5, 5.41) is 0. The molecule has 1 aliphatic rings. The molecule has 0 heterocycles. The van der Waals surface area contributed by atoms with E-state index in [0.717, 1.165) is 0 Å². The van der Waals surface area contributed by atoms with Crippen molar-refractivity contribution in [1.82, 2.24) is 0 Å². The van der Waals surface area contributed by atoms with Gasteiger partial charge in [-0.15, -0.1) is 0 Å². The number of hydrogen-bond acceptors (Lipinski definition) is 1. The van der Waals surface area contributed by atoms with E-state index in [2.05, 4.69) is 0 Å². The van der Waals surface area contributed by atoms with Gasteiger partial charge >= 0.3 is 0 Å². The topological polar surface area (TPSA) is 9.23 Å². The second kappa shape index (κ2) is 3.56. The van der Waals surface area contributed by atoms with Crippen molar-refractivity contribution in [2.45, 2.75) is 26.4 Å². The normalized spacial score (nSPS) is 17.8. The summed E-state index contributed by atoms with van der Waals surface area (Å²) < 4.78 is 17.9. The Labute approximate surface area is 66.6 Å². The molecular weight excluding hydrogens is 143 g/mol. The van der Waals surface area contributed by atoms with E-state index in [1.165, 1.54) is 12.2 Å². The van der Waals surface area contributed by atoms with Crippen LogP contribution in [0.1, 0.15) is 20.3 Å². The third kappa shape index (κ3) is 2.74.